The van der Waals surface area contributed by atoms with Crippen LogP contribution in [0, 0.1) is 0 Å². The zero-order valence-corrected chi connectivity index (χ0v) is 12.7. The van der Waals surface area contributed by atoms with Gasteiger partial charge in [-0.1, -0.05) is 0 Å². The van der Waals surface area contributed by atoms with E-state index in [1.54, 1.807) is 0 Å². The van der Waals surface area contributed by atoms with Crippen molar-refractivity contribution in [3.8, 4) is 0 Å². The van der Waals surface area contributed by atoms with Crippen molar-refractivity contribution in [2.45, 2.75) is 0 Å². The van der Waals surface area contributed by atoms with Crippen LogP contribution in [0.4, 0.5) is 0 Å². The van der Waals surface area contributed by atoms with Gasteiger partial charge in [0.25, 0.3) is 0 Å². The van der Waals surface area contributed by atoms with Gasteiger partial charge >= 0.3 is 28.7 Å². The fourth-order valence-corrected chi connectivity index (χ4v) is 0. The molecule has 11 heteroatoms. The minimum Gasteiger partial charge on any atom is -0.679 e. The molecule has 0 aliphatic rings. The topological polar surface area (TPSA) is 175 Å². The van der Waals surface area contributed by atoms with E-state index in [2.05, 4.69) is 0 Å². The van der Waals surface area contributed by atoms with Gasteiger partial charge in [0.05, 0.1) is 0 Å². The molecule has 0 atom stereocenters. The summed E-state index contributed by atoms with van der Waals surface area (Å²) in [6.45, 7) is 0.944. The summed E-state index contributed by atoms with van der Waals surface area (Å²) < 4.78 is 0. The number of nitrogens with one attached hydrogen (secondary N) is 4. The van der Waals surface area contributed by atoms with Crippen LogP contribution in [-0.2, 0) is 26.4 Å². The first-order valence-corrected chi connectivity index (χ1v) is 5.63. The Balaban J connectivity index is -0.0000000453. The zero-order chi connectivity index (χ0) is 15.4. The van der Waals surface area contributed by atoms with E-state index in [1.165, 1.54) is 0 Å². The van der Waals surface area contributed by atoms with Crippen molar-refractivity contribution in [1.29, 1.82) is 0 Å². The standard InChI is InChI=1S/2C2H3ClO2.2C2H6N2.Co/c2*3-1-2(4)5;2*3-1-2-4;/h2*1H2,(H,4,5);2*3-4H,1-2H2;/q;;2*-2;+3/p+2. The average molecular weight is 366 g/mol. The van der Waals surface area contributed by atoms with Crippen LogP contribution in [0.2, 0.25) is 0 Å². The molecule has 0 bridgehead atoms. The summed E-state index contributed by atoms with van der Waals surface area (Å²) in [7, 11) is 0. The smallest absolute Gasteiger partial charge is 0.679 e. The van der Waals surface area contributed by atoms with Gasteiger partial charge in [-0.3, -0.25) is 0 Å². The third-order valence-corrected chi connectivity index (χ3v) is 0.978. The molecule has 0 heterocycles. The van der Waals surface area contributed by atoms with E-state index in [1.807, 2.05) is 0 Å². The molecule has 0 radical (unpaired) electrons. The molecule has 19 heavy (non-hydrogen) atoms. The summed E-state index contributed by atoms with van der Waals surface area (Å²) in [5.41, 5.74) is 25.1. The molecule has 0 amide bonds. The van der Waals surface area contributed by atoms with E-state index >= 15 is 0 Å². The fourth-order valence-electron chi connectivity index (χ4n) is 0. The SMILES string of the molecule is O=C([OH2+])CCl.O=C([OH2+])CCl.[Co+3].[NH-]CC[NH-].[NH-]CC[NH-]. The zero-order valence-electron chi connectivity index (χ0n) is 10.1. The molecule has 0 aliphatic carbocycles. The predicted octanol–water partition coefficient (Wildman–Crippen LogP) is 1.13. The van der Waals surface area contributed by atoms with Crippen LogP contribution in [0.15, 0.2) is 0 Å². The largest absolute Gasteiger partial charge is 3.00 e. The Hall–Kier alpha value is -0.134. The van der Waals surface area contributed by atoms with Gasteiger partial charge in [-0.05, 0) is 0 Å². The van der Waals surface area contributed by atoms with Gasteiger partial charge in [-0.15, -0.1) is 23.2 Å². The van der Waals surface area contributed by atoms with E-state index in [-0.39, 0.29) is 54.7 Å². The van der Waals surface area contributed by atoms with Crippen LogP contribution in [0.1, 0.15) is 0 Å². The van der Waals surface area contributed by atoms with Crippen molar-refractivity contribution >= 4 is 35.1 Å². The molecular formula is C8H20Cl2CoN4O4+. The molecule has 0 aromatic rings. The maximum atomic E-state index is 9.35. The molecule has 0 saturated heterocycles. The van der Waals surface area contributed by atoms with Crippen LogP contribution in [0.3, 0.4) is 0 Å². The average Bonchev–Trinajstić information content (AvgIpc) is 2.39. The van der Waals surface area contributed by atoms with Crippen LogP contribution in [0.25, 0.3) is 22.9 Å². The summed E-state index contributed by atoms with van der Waals surface area (Å²) in [6, 6.07) is 0. The Morgan fingerprint density at radius 3 is 0.842 bits per heavy atom. The Kier molecular flexibility index (Phi) is 59.5. The van der Waals surface area contributed by atoms with E-state index in [9.17, 15) is 9.59 Å². The van der Waals surface area contributed by atoms with Crippen LogP contribution in [-0.4, -0.2) is 60.1 Å². The van der Waals surface area contributed by atoms with Crippen molar-refractivity contribution < 1.29 is 36.6 Å². The molecule has 0 saturated carbocycles. The van der Waals surface area contributed by atoms with Crippen LogP contribution >= 0.6 is 23.2 Å². The Bertz CT molecular complexity index is 159. The monoisotopic (exact) mass is 365 g/mol. The van der Waals surface area contributed by atoms with Crippen molar-refractivity contribution in [3.63, 3.8) is 0 Å². The van der Waals surface area contributed by atoms with Gasteiger partial charge < -0.3 is 33.1 Å². The molecule has 0 aliphatic heterocycles. The summed E-state index contributed by atoms with van der Waals surface area (Å²) in [5.74, 6) is -1.85. The van der Waals surface area contributed by atoms with Crippen molar-refractivity contribution in [2.75, 3.05) is 37.9 Å². The quantitative estimate of drug-likeness (QED) is 0.536. The first kappa shape index (κ1) is 31.3. The van der Waals surface area contributed by atoms with Crippen molar-refractivity contribution in [2.24, 2.45) is 0 Å². The summed E-state index contributed by atoms with van der Waals surface area (Å²) in [6.07, 6.45) is 0. The van der Waals surface area contributed by atoms with E-state index in [4.69, 9.17) is 56.3 Å². The van der Waals surface area contributed by atoms with Crippen molar-refractivity contribution in [3.05, 3.63) is 22.9 Å². The normalized spacial score (nSPS) is 7.05. The molecule has 0 unspecified atom stereocenters. The maximum absolute atomic E-state index is 9.35. The summed E-state index contributed by atoms with van der Waals surface area (Å²) in [5, 5.41) is 12.1. The Morgan fingerprint density at radius 1 is 0.737 bits per heavy atom. The van der Waals surface area contributed by atoms with Gasteiger partial charge in [0.1, 0.15) is 0 Å². The molecular weight excluding hydrogens is 346 g/mol. The second kappa shape index (κ2) is 36.1. The third kappa shape index (κ3) is 131. The number of halogens is 2. The molecule has 0 rings (SSSR count). The molecule has 118 valence electrons. The van der Waals surface area contributed by atoms with Crippen LogP contribution in [0.5, 0.6) is 0 Å². The van der Waals surface area contributed by atoms with Gasteiger partial charge in [0, 0.05) is 9.59 Å². The number of rotatable bonds is 4. The van der Waals surface area contributed by atoms with E-state index in [0.29, 0.717) is 0 Å². The first-order valence-electron chi connectivity index (χ1n) is 4.56. The Morgan fingerprint density at radius 2 is 0.842 bits per heavy atom. The minimum absolute atomic E-state index is 0. The maximum Gasteiger partial charge on any atom is 3.00 e. The van der Waals surface area contributed by atoms with Gasteiger partial charge in [0.2, 0.25) is 0 Å². The number of carbonyl (C=O) groups excluding carboxylic acids is 2. The first-order chi connectivity index (χ1) is 8.37. The molecule has 0 aromatic heterocycles. The summed E-state index contributed by atoms with van der Waals surface area (Å²) in [4.78, 5) is 18.7. The molecule has 8 nitrogen and oxygen atoms in total. The molecule has 0 fully saturated rings. The number of carbonyl (C=O) groups is 2. The number of hydrogen-bond acceptors (Lipinski definition) is 2. The second-order valence-corrected chi connectivity index (χ2v) is 2.65. The van der Waals surface area contributed by atoms with Crippen LogP contribution < -0.4 is 0 Å². The van der Waals surface area contributed by atoms with Gasteiger partial charge in [-0.25, -0.2) is 0 Å². The number of hydrogen-bond donors (Lipinski definition) is 0. The molecule has 0 spiro atoms. The molecule has 0 aromatic carbocycles. The predicted molar refractivity (Wildman–Crippen MR) is 75.4 cm³/mol. The van der Waals surface area contributed by atoms with Gasteiger partial charge in [0.15, 0.2) is 11.8 Å². The third-order valence-electron chi connectivity index (χ3n) is 0.493. The number of alkyl halides is 2. The minimum atomic E-state index is -0.730. The fraction of sp³-hybridized carbons (Fsp3) is 0.750. The van der Waals surface area contributed by atoms with E-state index in [0.717, 1.165) is 0 Å². The second-order valence-electron chi connectivity index (χ2n) is 2.11. The molecule has 8 N–H and O–H groups in total. The van der Waals surface area contributed by atoms with Gasteiger partial charge in [-0.2, -0.15) is 26.2 Å². The Labute approximate surface area is 133 Å². The van der Waals surface area contributed by atoms with Crippen molar-refractivity contribution in [1.82, 2.24) is 0 Å². The summed E-state index contributed by atoms with van der Waals surface area (Å²) >= 11 is 9.60. The van der Waals surface area contributed by atoms with E-state index < -0.39 is 11.9 Å².